The summed E-state index contributed by atoms with van der Waals surface area (Å²) in [5, 5.41) is 7.49. The molecule has 4 N–H and O–H groups in total. The van der Waals surface area contributed by atoms with E-state index in [4.69, 9.17) is 10.5 Å². The topological polar surface area (TPSA) is 144 Å². The highest BCUT2D eigenvalue weighted by atomic mass is 32.1. The number of aromatic nitrogens is 5. The highest BCUT2D eigenvalue weighted by Crippen LogP contribution is 2.34. The van der Waals surface area contributed by atoms with Crippen molar-refractivity contribution in [3.8, 4) is 21.0 Å². The number of nitrogens with one attached hydrogen (secondary N) is 2. The lowest BCUT2D eigenvalue weighted by molar-refractivity contribution is -0.118. The summed E-state index contributed by atoms with van der Waals surface area (Å²) in [6.45, 7) is 2.94. The summed E-state index contributed by atoms with van der Waals surface area (Å²) in [6, 6.07) is 1.66. The zero-order valence-electron chi connectivity index (χ0n) is 17.9. The fourth-order valence-electron chi connectivity index (χ4n) is 3.72. The van der Waals surface area contributed by atoms with Crippen molar-refractivity contribution in [3.63, 3.8) is 0 Å². The molecule has 1 amide bonds. The van der Waals surface area contributed by atoms with Crippen LogP contribution >= 0.6 is 11.3 Å². The van der Waals surface area contributed by atoms with Gasteiger partial charge in [0, 0.05) is 38.1 Å². The number of H-pyrrole nitrogens is 1. The molecule has 0 spiro atoms. The lowest BCUT2D eigenvalue weighted by atomic mass is 10.2. The van der Waals surface area contributed by atoms with Crippen LogP contribution in [-0.2, 0) is 16.6 Å². The maximum absolute atomic E-state index is 12.9. The molecular formula is C21H22N8O3S. The number of carbonyl (C=O) groups excluding carboxylic acids is 1. The number of thiazole rings is 1. The lowest BCUT2D eigenvalue weighted by Gasteiger charge is -2.25. The number of ether oxygens (including phenoxy) is 1. The van der Waals surface area contributed by atoms with E-state index in [0.717, 1.165) is 23.5 Å². The first kappa shape index (κ1) is 21.2. The van der Waals surface area contributed by atoms with Gasteiger partial charge in [0.2, 0.25) is 5.91 Å². The highest BCUT2D eigenvalue weighted by molar-refractivity contribution is 7.18. The number of pyridine rings is 2. The van der Waals surface area contributed by atoms with E-state index in [-0.39, 0.29) is 29.3 Å². The van der Waals surface area contributed by atoms with Gasteiger partial charge in [0.05, 0.1) is 53.9 Å². The quantitative estimate of drug-likeness (QED) is 0.399. The molecule has 0 atom stereocenters. The molecule has 0 bridgehead atoms. The predicted octanol–water partition coefficient (Wildman–Crippen LogP) is 1.30. The van der Waals surface area contributed by atoms with Crippen molar-refractivity contribution in [1.29, 1.82) is 0 Å². The largest absolute Gasteiger partial charge is 0.396 e. The second-order valence-electron chi connectivity index (χ2n) is 7.73. The smallest absolute Gasteiger partial charge is 0.260 e. The Morgan fingerprint density at radius 3 is 2.85 bits per heavy atom. The van der Waals surface area contributed by atoms with Crippen LogP contribution in [0.2, 0.25) is 0 Å². The summed E-state index contributed by atoms with van der Waals surface area (Å²) in [5.41, 5.74) is 8.76. The van der Waals surface area contributed by atoms with E-state index in [0.29, 0.717) is 34.9 Å². The van der Waals surface area contributed by atoms with Gasteiger partial charge in [-0.25, -0.2) is 4.98 Å². The number of hydrogen-bond donors (Lipinski definition) is 3. The van der Waals surface area contributed by atoms with Crippen molar-refractivity contribution < 1.29 is 9.53 Å². The molecule has 4 aromatic rings. The van der Waals surface area contributed by atoms with Gasteiger partial charge in [0.15, 0.2) is 0 Å². The molecule has 12 heteroatoms. The average molecular weight is 467 g/mol. The molecule has 0 aromatic carbocycles. The third-order valence-electron chi connectivity index (χ3n) is 5.35. The van der Waals surface area contributed by atoms with Gasteiger partial charge in [-0.1, -0.05) is 0 Å². The normalized spacial score (nSPS) is 14.6. The van der Waals surface area contributed by atoms with Crippen LogP contribution in [0.3, 0.4) is 0 Å². The summed E-state index contributed by atoms with van der Waals surface area (Å²) in [4.78, 5) is 39.8. The van der Waals surface area contributed by atoms with Gasteiger partial charge in [-0.2, -0.15) is 5.10 Å². The predicted molar refractivity (Wildman–Crippen MR) is 126 cm³/mol. The highest BCUT2D eigenvalue weighted by Gasteiger charge is 2.19. The fraction of sp³-hybridized carbons (Fsp3) is 0.286. The number of fused-ring (bicyclic) bond motifs is 1. The van der Waals surface area contributed by atoms with Crippen molar-refractivity contribution in [2.45, 2.75) is 0 Å². The summed E-state index contributed by atoms with van der Waals surface area (Å²) in [6.07, 6.45) is 6.84. The van der Waals surface area contributed by atoms with Crippen molar-refractivity contribution in [1.82, 2.24) is 29.6 Å². The second-order valence-corrected chi connectivity index (χ2v) is 8.76. The molecule has 5 rings (SSSR count). The molecule has 1 fully saturated rings. The van der Waals surface area contributed by atoms with Gasteiger partial charge in [-0.15, -0.1) is 11.3 Å². The van der Waals surface area contributed by atoms with Gasteiger partial charge >= 0.3 is 0 Å². The van der Waals surface area contributed by atoms with Crippen molar-refractivity contribution >= 4 is 39.7 Å². The number of nitrogen functional groups attached to an aromatic ring is 1. The Hall–Kier alpha value is -3.61. The van der Waals surface area contributed by atoms with Crippen LogP contribution in [-0.4, -0.2) is 68.4 Å². The van der Waals surface area contributed by atoms with Gasteiger partial charge in [0.25, 0.3) is 5.56 Å². The zero-order valence-corrected chi connectivity index (χ0v) is 18.7. The van der Waals surface area contributed by atoms with E-state index in [9.17, 15) is 9.59 Å². The summed E-state index contributed by atoms with van der Waals surface area (Å²) >= 11 is 1.35. The Labute approximate surface area is 192 Å². The molecule has 11 nitrogen and oxygen atoms in total. The van der Waals surface area contributed by atoms with Crippen LogP contribution in [0.1, 0.15) is 0 Å². The number of hydrogen-bond acceptors (Lipinski definition) is 9. The van der Waals surface area contributed by atoms with Crippen LogP contribution in [0.4, 0.5) is 11.4 Å². The zero-order chi connectivity index (χ0) is 22.9. The Kier molecular flexibility index (Phi) is 5.62. The standard InChI is InChI=1S/C21H22N8O3S/c1-28-10-12(7-25-28)15-9-24-21(33-15)17-18(22)19-14(27-20(17)31)6-13(8-23-19)26-16(30)11-29-2-4-32-5-3-29/h6-10H,2-5,11H2,1H3,(H,26,30)(H3,22,27,31). The van der Waals surface area contributed by atoms with Gasteiger partial charge in [0.1, 0.15) is 16.1 Å². The SMILES string of the molecule is Cn1cc(-c2cnc(-c3c(N)c4ncc(NC(=O)CN5CCOCC5)cc4[nH]c3=O)s2)cn1. The number of rotatable bonds is 5. The van der Waals surface area contributed by atoms with E-state index in [1.165, 1.54) is 17.5 Å². The number of nitrogens with two attached hydrogens (primary N) is 1. The number of morpholine rings is 1. The monoisotopic (exact) mass is 466 g/mol. The Bertz CT molecular complexity index is 1390. The van der Waals surface area contributed by atoms with Gasteiger partial charge < -0.3 is 20.8 Å². The first-order chi connectivity index (χ1) is 16.0. The minimum atomic E-state index is -0.370. The summed E-state index contributed by atoms with van der Waals surface area (Å²) in [7, 11) is 1.84. The Morgan fingerprint density at radius 1 is 1.27 bits per heavy atom. The molecule has 5 heterocycles. The van der Waals surface area contributed by atoms with Crippen molar-refractivity contribution in [2.75, 3.05) is 43.9 Å². The number of carbonyl (C=O) groups is 1. The molecule has 0 radical (unpaired) electrons. The molecule has 170 valence electrons. The Morgan fingerprint density at radius 2 is 2.09 bits per heavy atom. The minimum Gasteiger partial charge on any atom is -0.396 e. The number of nitrogens with zero attached hydrogens (tertiary/aromatic N) is 5. The molecule has 0 saturated carbocycles. The van der Waals surface area contributed by atoms with Crippen LogP contribution in [0, 0.1) is 0 Å². The van der Waals surface area contributed by atoms with E-state index in [1.54, 1.807) is 23.1 Å². The van der Waals surface area contributed by atoms with Crippen molar-refractivity contribution in [2.24, 2.45) is 7.05 Å². The summed E-state index contributed by atoms with van der Waals surface area (Å²) in [5.74, 6) is -0.157. The summed E-state index contributed by atoms with van der Waals surface area (Å²) < 4.78 is 7.00. The number of aryl methyl sites for hydroxylation is 1. The second kappa shape index (κ2) is 8.73. The van der Waals surface area contributed by atoms with Crippen LogP contribution in [0.15, 0.2) is 35.6 Å². The van der Waals surface area contributed by atoms with Gasteiger partial charge in [-0.3, -0.25) is 24.2 Å². The van der Waals surface area contributed by atoms with Crippen LogP contribution < -0.4 is 16.6 Å². The van der Waals surface area contributed by atoms with Gasteiger partial charge in [-0.05, 0) is 6.07 Å². The molecule has 0 unspecified atom stereocenters. The number of amides is 1. The Balaban J connectivity index is 1.40. The van der Waals surface area contributed by atoms with E-state index < -0.39 is 0 Å². The lowest BCUT2D eigenvalue weighted by Crippen LogP contribution is -2.41. The molecular weight excluding hydrogens is 444 g/mol. The molecule has 33 heavy (non-hydrogen) atoms. The maximum Gasteiger partial charge on any atom is 0.260 e. The molecule has 1 aliphatic heterocycles. The molecule has 1 saturated heterocycles. The van der Waals surface area contributed by atoms with Crippen LogP contribution in [0.5, 0.6) is 0 Å². The van der Waals surface area contributed by atoms with Crippen molar-refractivity contribution in [3.05, 3.63) is 41.2 Å². The number of anilines is 2. The minimum absolute atomic E-state index is 0.157. The molecule has 0 aliphatic carbocycles. The fourth-order valence-corrected chi connectivity index (χ4v) is 4.66. The average Bonchev–Trinajstić information content (AvgIpc) is 3.43. The maximum atomic E-state index is 12.9. The van der Waals surface area contributed by atoms with Crippen LogP contribution in [0.25, 0.3) is 32.0 Å². The van der Waals surface area contributed by atoms with E-state index in [1.807, 2.05) is 18.1 Å². The third-order valence-corrected chi connectivity index (χ3v) is 6.41. The van der Waals surface area contributed by atoms with E-state index >= 15 is 0 Å². The first-order valence-corrected chi connectivity index (χ1v) is 11.2. The van der Waals surface area contributed by atoms with E-state index in [2.05, 4.69) is 25.4 Å². The number of aromatic amines is 1. The molecule has 4 aromatic heterocycles. The third kappa shape index (κ3) is 4.35. The molecule has 1 aliphatic rings. The first-order valence-electron chi connectivity index (χ1n) is 10.3.